The maximum Gasteiger partial charge on any atom is 0.150 e. The van der Waals surface area contributed by atoms with Crippen LogP contribution in [0.1, 0.15) is 12.5 Å². The van der Waals surface area contributed by atoms with Crippen LogP contribution in [0.5, 0.6) is 5.75 Å². The standard InChI is InChI=1S/C16H21NO3S/c1-12(17)11-15-14-6-4-3-5-13(14)7-8-16(15)20-9-10-21(2,18)19/h3-8,12H,9-11,17H2,1-2H3. The van der Waals surface area contributed by atoms with E-state index in [1.165, 1.54) is 6.26 Å². The van der Waals surface area contributed by atoms with Gasteiger partial charge in [0.25, 0.3) is 0 Å². The van der Waals surface area contributed by atoms with Gasteiger partial charge in [0.15, 0.2) is 9.84 Å². The van der Waals surface area contributed by atoms with Gasteiger partial charge in [0.05, 0.1) is 5.75 Å². The molecule has 0 amide bonds. The summed E-state index contributed by atoms with van der Waals surface area (Å²) in [6, 6.07) is 11.9. The van der Waals surface area contributed by atoms with Crippen LogP contribution in [0.4, 0.5) is 0 Å². The number of nitrogens with two attached hydrogens (primary N) is 1. The van der Waals surface area contributed by atoms with Gasteiger partial charge in [-0.25, -0.2) is 8.42 Å². The SMILES string of the molecule is CC(N)Cc1c(OCCS(C)(=O)=O)ccc2ccccc12. The monoisotopic (exact) mass is 307 g/mol. The third-order valence-electron chi connectivity index (χ3n) is 3.24. The summed E-state index contributed by atoms with van der Waals surface area (Å²) < 4.78 is 28.1. The van der Waals surface area contributed by atoms with E-state index in [-0.39, 0.29) is 18.4 Å². The largest absolute Gasteiger partial charge is 0.492 e. The van der Waals surface area contributed by atoms with Crippen LogP contribution >= 0.6 is 0 Å². The van der Waals surface area contributed by atoms with Crippen molar-refractivity contribution in [2.45, 2.75) is 19.4 Å². The molecular weight excluding hydrogens is 286 g/mol. The van der Waals surface area contributed by atoms with Crippen molar-refractivity contribution in [3.8, 4) is 5.75 Å². The van der Waals surface area contributed by atoms with Crippen molar-refractivity contribution in [2.24, 2.45) is 5.73 Å². The minimum atomic E-state index is -3.02. The normalized spacial score (nSPS) is 13.3. The van der Waals surface area contributed by atoms with E-state index < -0.39 is 9.84 Å². The molecule has 0 saturated carbocycles. The summed E-state index contributed by atoms with van der Waals surface area (Å²) in [5, 5.41) is 2.23. The van der Waals surface area contributed by atoms with Gasteiger partial charge >= 0.3 is 0 Å². The van der Waals surface area contributed by atoms with Gasteiger partial charge in [-0.15, -0.1) is 0 Å². The number of fused-ring (bicyclic) bond motifs is 1. The Hall–Kier alpha value is -1.59. The molecule has 0 aliphatic rings. The molecule has 0 spiro atoms. The molecule has 0 bridgehead atoms. The smallest absolute Gasteiger partial charge is 0.150 e. The first kappa shape index (κ1) is 15.8. The highest BCUT2D eigenvalue weighted by Gasteiger charge is 2.11. The highest BCUT2D eigenvalue weighted by atomic mass is 32.2. The fourth-order valence-electron chi connectivity index (χ4n) is 2.29. The zero-order valence-electron chi connectivity index (χ0n) is 12.4. The van der Waals surface area contributed by atoms with Crippen LogP contribution in [-0.4, -0.2) is 33.1 Å². The second-order valence-corrected chi connectivity index (χ2v) is 7.68. The summed E-state index contributed by atoms with van der Waals surface area (Å²) in [7, 11) is -3.02. The van der Waals surface area contributed by atoms with Crippen LogP contribution in [0, 0.1) is 0 Å². The molecule has 21 heavy (non-hydrogen) atoms. The Labute approximate surface area is 125 Å². The van der Waals surface area contributed by atoms with Crippen LogP contribution in [0.2, 0.25) is 0 Å². The molecular formula is C16H21NO3S. The van der Waals surface area contributed by atoms with Crippen molar-refractivity contribution < 1.29 is 13.2 Å². The summed E-state index contributed by atoms with van der Waals surface area (Å²) in [5.74, 6) is 0.729. The number of sulfone groups is 1. The number of hydrogen-bond acceptors (Lipinski definition) is 4. The van der Waals surface area contributed by atoms with Crippen molar-refractivity contribution in [1.82, 2.24) is 0 Å². The highest BCUT2D eigenvalue weighted by Crippen LogP contribution is 2.29. The third kappa shape index (κ3) is 4.44. The van der Waals surface area contributed by atoms with E-state index in [9.17, 15) is 8.42 Å². The van der Waals surface area contributed by atoms with Gasteiger partial charge in [0, 0.05) is 17.9 Å². The molecule has 2 N–H and O–H groups in total. The molecule has 0 radical (unpaired) electrons. The van der Waals surface area contributed by atoms with E-state index in [1.54, 1.807) is 0 Å². The maximum absolute atomic E-state index is 11.2. The van der Waals surface area contributed by atoms with Gasteiger partial charge in [-0.1, -0.05) is 30.3 Å². The Balaban J connectivity index is 2.33. The van der Waals surface area contributed by atoms with Crippen LogP contribution in [0.3, 0.4) is 0 Å². The van der Waals surface area contributed by atoms with E-state index in [4.69, 9.17) is 10.5 Å². The summed E-state index contributed by atoms with van der Waals surface area (Å²) in [4.78, 5) is 0. The average Bonchev–Trinajstić information content (AvgIpc) is 2.39. The first-order valence-electron chi connectivity index (χ1n) is 6.93. The zero-order chi connectivity index (χ0) is 15.5. The Morgan fingerprint density at radius 3 is 2.57 bits per heavy atom. The lowest BCUT2D eigenvalue weighted by molar-refractivity contribution is 0.337. The van der Waals surface area contributed by atoms with Crippen molar-refractivity contribution in [3.05, 3.63) is 42.0 Å². The van der Waals surface area contributed by atoms with Gasteiger partial charge in [0.2, 0.25) is 0 Å². The summed E-state index contributed by atoms with van der Waals surface area (Å²) in [6.45, 7) is 2.10. The molecule has 2 rings (SSSR count). The van der Waals surface area contributed by atoms with Gasteiger partial charge in [-0.05, 0) is 30.2 Å². The minimum Gasteiger partial charge on any atom is -0.492 e. The quantitative estimate of drug-likeness (QED) is 0.888. The number of ether oxygens (including phenoxy) is 1. The summed E-state index contributed by atoms with van der Waals surface area (Å²) in [6.07, 6.45) is 1.90. The molecule has 0 aliphatic heterocycles. The topological polar surface area (TPSA) is 69.4 Å². The molecule has 4 nitrogen and oxygen atoms in total. The van der Waals surface area contributed by atoms with Crippen molar-refractivity contribution in [3.63, 3.8) is 0 Å². The number of rotatable bonds is 6. The number of hydrogen-bond donors (Lipinski definition) is 1. The molecule has 2 aromatic carbocycles. The van der Waals surface area contributed by atoms with Crippen LogP contribution in [0.15, 0.2) is 36.4 Å². The Morgan fingerprint density at radius 1 is 1.19 bits per heavy atom. The van der Waals surface area contributed by atoms with Crippen molar-refractivity contribution in [2.75, 3.05) is 18.6 Å². The Morgan fingerprint density at radius 2 is 1.90 bits per heavy atom. The lowest BCUT2D eigenvalue weighted by atomic mass is 9.98. The first-order valence-corrected chi connectivity index (χ1v) is 8.99. The molecule has 2 aromatic rings. The van der Waals surface area contributed by atoms with E-state index in [2.05, 4.69) is 0 Å². The lowest BCUT2D eigenvalue weighted by Crippen LogP contribution is -2.19. The van der Waals surface area contributed by atoms with Gasteiger partial charge in [-0.2, -0.15) is 0 Å². The predicted octanol–water partition coefficient (Wildman–Crippen LogP) is 2.15. The Kier molecular flexibility index (Phi) is 4.85. The lowest BCUT2D eigenvalue weighted by Gasteiger charge is -2.15. The average molecular weight is 307 g/mol. The molecule has 0 saturated heterocycles. The molecule has 5 heteroatoms. The summed E-state index contributed by atoms with van der Waals surface area (Å²) >= 11 is 0. The summed E-state index contributed by atoms with van der Waals surface area (Å²) in [5.41, 5.74) is 6.97. The molecule has 0 fully saturated rings. The molecule has 0 aromatic heterocycles. The highest BCUT2D eigenvalue weighted by molar-refractivity contribution is 7.90. The van der Waals surface area contributed by atoms with Crippen molar-refractivity contribution >= 4 is 20.6 Å². The molecule has 0 heterocycles. The maximum atomic E-state index is 11.2. The van der Waals surface area contributed by atoms with E-state index in [1.807, 2.05) is 43.3 Å². The first-order chi connectivity index (χ1) is 9.87. The van der Waals surface area contributed by atoms with Crippen molar-refractivity contribution in [1.29, 1.82) is 0 Å². The van der Waals surface area contributed by atoms with E-state index >= 15 is 0 Å². The van der Waals surface area contributed by atoms with Crippen LogP contribution in [0.25, 0.3) is 10.8 Å². The fraction of sp³-hybridized carbons (Fsp3) is 0.375. The predicted molar refractivity (Wildman–Crippen MR) is 86.5 cm³/mol. The zero-order valence-corrected chi connectivity index (χ0v) is 13.2. The van der Waals surface area contributed by atoms with E-state index in [0.717, 1.165) is 22.1 Å². The van der Waals surface area contributed by atoms with Gasteiger partial charge < -0.3 is 10.5 Å². The fourth-order valence-corrected chi connectivity index (χ4v) is 2.67. The Bertz CT molecular complexity index is 723. The van der Waals surface area contributed by atoms with Crippen LogP contribution in [-0.2, 0) is 16.3 Å². The number of benzene rings is 2. The second kappa shape index (κ2) is 6.45. The van der Waals surface area contributed by atoms with Gasteiger partial charge in [0.1, 0.15) is 12.4 Å². The van der Waals surface area contributed by atoms with E-state index in [0.29, 0.717) is 6.42 Å². The van der Waals surface area contributed by atoms with Gasteiger partial charge in [-0.3, -0.25) is 0 Å². The molecule has 1 atom stereocenters. The third-order valence-corrected chi connectivity index (χ3v) is 4.14. The molecule has 114 valence electrons. The second-order valence-electron chi connectivity index (χ2n) is 5.42. The molecule has 0 aliphatic carbocycles. The minimum absolute atomic E-state index is 0.00747. The van der Waals surface area contributed by atoms with Crippen LogP contribution < -0.4 is 10.5 Å². The molecule has 1 unspecified atom stereocenters.